The quantitative estimate of drug-likeness (QED) is 0.184. The molecule has 0 saturated heterocycles. The molecule has 0 saturated carbocycles. The van der Waals surface area contributed by atoms with Crippen LogP contribution in [0.25, 0.3) is 0 Å². The number of thiol groups is 1. The fourth-order valence-corrected chi connectivity index (χ4v) is 3.41. The van der Waals surface area contributed by atoms with Gasteiger partial charge in [-0.05, 0) is 12.8 Å². The predicted molar refractivity (Wildman–Crippen MR) is 112 cm³/mol. The summed E-state index contributed by atoms with van der Waals surface area (Å²) in [7, 11) is 0. The van der Waals surface area contributed by atoms with Crippen LogP contribution in [0, 0.1) is 0 Å². The summed E-state index contributed by atoms with van der Waals surface area (Å²) in [5.74, 6) is 0.409. The van der Waals surface area contributed by atoms with E-state index >= 15 is 0 Å². The molecular formula is C22H44OS. The second-order valence-corrected chi connectivity index (χ2v) is 8.23. The Bertz CT molecular complexity index is 265. The van der Waals surface area contributed by atoms with Gasteiger partial charge in [0.25, 0.3) is 0 Å². The number of hydrogen-bond donors (Lipinski definition) is 1. The number of carbonyl (C=O) groups is 1. The van der Waals surface area contributed by atoms with Gasteiger partial charge < -0.3 is 0 Å². The summed E-state index contributed by atoms with van der Waals surface area (Å²) < 4.78 is 0. The van der Waals surface area contributed by atoms with Crippen molar-refractivity contribution in [2.75, 3.05) is 0 Å². The monoisotopic (exact) mass is 356 g/mol. The van der Waals surface area contributed by atoms with Crippen molar-refractivity contribution in [3.63, 3.8) is 0 Å². The van der Waals surface area contributed by atoms with E-state index in [9.17, 15) is 4.79 Å². The second-order valence-electron chi connectivity index (χ2n) is 7.50. The van der Waals surface area contributed by atoms with Crippen molar-refractivity contribution in [1.82, 2.24) is 0 Å². The lowest BCUT2D eigenvalue weighted by Crippen LogP contribution is -2.06. The van der Waals surface area contributed by atoms with Crippen LogP contribution in [-0.4, -0.2) is 11.0 Å². The van der Waals surface area contributed by atoms with Crippen LogP contribution in [0.2, 0.25) is 0 Å². The first-order valence-corrected chi connectivity index (χ1v) is 11.4. The van der Waals surface area contributed by atoms with Crippen molar-refractivity contribution < 1.29 is 4.79 Å². The topological polar surface area (TPSA) is 17.1 Å². The van der Waals surface area contributed by atoms with Gasteiger partial charge in [-0.1, -0.05) is 104 Å². The Hall–Kier alpha value is 0.0200. The summed E-state index contributed by atoms with van der Waals surface area (Å²) in [6.07, 6.45) is 23.1. The van der Waals surface area contributed by atoms with Gasteiger partial charge in [0.15, 0.2) is 0 Å². The molecule has 0 N–H and O–H groups in total. The van der Waals surface area contributed by atoms with Gasteiger partial charge in [0.1, 0.15) is 5.78 Å². The largest absolute Gasteiger partial charge is 0.300 e. The molecule has 0 bridgehead atoms. The highest BCUT2D eigenvalue weighted by molar-refractivity contribution is 7.81. The Kier molecular flexibility index (Phi) is 19.4. The van der Waals surface area contributed by atoms with Crippen molar-refractivity contribution in [1.29, 1.82) is 0 Å². The lowest BCUT2D eigenvalue weighted by Gasteiger charge is -2.06. The Labute approximate surface area is 158 Å². The molecule has 0 spiro atoms. The van der Waals surface area contributed by atoms with Crippen LogP contribution in [0.15, 0.2) is 0 Å². The second kappa shape index (κ2) is 19.3. The fourth-order valence-electron chi connectivity index (χ4n) is 3.20. The van der Waals surface area contributed by atoms with E-state index < -0.39 is 0 Å². The lowest BCUT2D eigenvalue weighted by molar-refractivity contribution is -0.119. The van der Waals surface area contributed by atoms with Crippen molar-refractivity contribution in [3.05, 3.63) is 0 Å². The van der Waals surface area contributed by atoms with Crippen LogP contribution >= 0.6 is 12.6 Å². The van der Waals surface area contributed by atoms with Gasteiger partial charge in [0, 0.05) is 18.1 Å². The maximum Gasteiger partial charge on any atom is 0.134 e. The highest BCUT2D eigenvalue weighted by Crippen LogP contribution is 2.14. The molecular weight excluding hydrogens is 312 g/mol. The van der Waals surface area contributed by atoms with E-state index in [4.69, 9.17) is 0 Å². The zero-order chi connectivity index (χ0) is 17.9. The third-order valence-electron chi connectivity index (χ3n) is 4.99. The Morgan fingerprint density at radius 1 is 0.667 bits per heavy atom. The van der Waals surface area contributed by atoms with E-state index in [1.165, 1.54) is 89.9 Å². The van der Waals surface area contributed by atoms with Crippen molar-refractivity contribution in [3.8, 4) is 0 Å². The van der Waals surface area contributed by atoms with E-state index in [-0.39, 0.29) is 5.25 Å². The van der Waals surface area contributed by atoms with Crippen LogP contribution < -0.4 is 0 Å². The molecule has 0 aliphatic rings. The number of Topliss-reactive ketones (excluding diaryl/α,β-unsaturated/α-hetero) is 1. The van der Waals surface area contributed by atoms with Crippen molar-refractivity contribution in [2.45, 2.75) is 135 Å². The molecule has 24 heavy (non-hydrogen) atoms. The number of ketones is 1. The summed E-state index contributed by atoms with van der Waals surface area (Å²) >= 11 is 4.40. The van der Waals surface area contributed by atoms with Crippen molar-refractivity contribution >= 4 is 18.4 Å². The average molecular weight is 357 g/mol. The van der Waals surface area contributed by atoms with Crippen LogP contribution in [-0.2, 0) is 4.79 Å². The average Bonchev–Trinajstić information content (AvgIpc) is 2.58. The predicted octanol–water partition coefficient (Wildman–Crippen LogP) is 7.92. The van der Waals surface area contributed by atoms with E-state index in [1.54, 1.807) is 0 Å². The summed E-state index contributed by atoms with van der Waals surface area (Å²) in [6, 6.07) is 0. The van der Waals surface area contributed by atoms with Gasteiger partial charge in [-0.25, -0.2) is 0 Å². The SMILES string of the molecule is CCCCCCCCCCCCCCCCCC(=O)CC(S)CC. The first-order chi connectivity index (χ1) is 11.7. The summed E-state index contributed by atoms with van der Waals surface area (Å²) in [6.45, 7) is 4.38. The first kappa shape index (κ1) is 24.0. The van der Waals surface area contributed by atoms with Crippen LogP contribution in [0.5, 0.6) is 0 Å². The molecule has 0 amide bonds. The van der Waals surface area contributed by atoms with Gasteiger partial charge >= 0.3 is 0 Å². The third kappa shape index (κ3) is 18.4. The summed E-state index contributed by atoms with van der Waals surface area (Å²) in [5.41, 5.74) is 0. The zero-order valence-corrected chi connectivity index (χ0v) is 17.6. The van der Waals surface area contributed by atoms with Gasteiger partial charge in [-0.3, -0.25) is 4.79 Å². The molecule has 0 fully saturated rings. The number of hydrogen-bond acceptors (Lipinski definition) is 2. The van der Waals surface area contributed by atoms with E-state index in [1.807, 2.05) is 0 Å². The molecule has 0 aliphatic carbocycles. The number of unbranched alkanes of at least 4 members (excludes halogenated alkanes) is 14. The standard InChI is InChI=1S/C22H44OS/c1-3-5-6-7-8-9-10-11-12-13-14-15-16-17-18-19-21(23)20-22(24)4-2/h22,24H,3-20H2,1-2H3. The lowest BCUT2D eigenvalue weighted by atomic mass is 10.0. The van der Waals surface area contributed by atoms with Crippen molar-refractivity contribution in [2.24, 2.45) is 0 Å². The molecule has 0 aromatic heterocycles. The molecule has 2 heteroatoms. The van der Waals surface area contributed by atoms with E-state index in [0.717, 1.165) is 19.3 Å². The Balaban J connectivity index is 3.11. The third-order valence-corrected chi connectivity index (χ3v) is 5.54. The number of rotatable bonds is 19. The smallest absolute Gasteiger partial charge is 0.134 e. The van der Waals surface area contributed by atoms with Crippen LogP contribution in [0.3, 0.4) is 0 Å². The normalized spacial score (nSPS) is 12.5. The molecule has 1 nitrogen and oxygen atoms in total. The molecule has 0 radical (unpaired) electrons. The molecule has 0 aromatic rings. The van der Waals surface area contributed by atoms with E-state index in [0.29, 0.717) is 12.2 Å². The zero-order valence-electron chi connectivity index (χ0n) is 16.7. The van der Waals surface area contributed by atoms with Gasteiger partial charge in [0.05, 0.1) is 0 Å². The summed E-state index contributed by atoms with van der Waals surface area (Å²) in [5, 5.41) is 0.272. The first-order valence-electron chi connectivity index (χ1n) is 10.9. The van der Waals surface area contributed by atoms with Crippen LogP contribution in [0.1, 0.15) is 129 Å². The highest BCUT2D eigenvalue weighted by Gasteiger charge is 2.07. The van der Waals surface area contributed by atoms with Gasteiger partial charge in [0.2, 0.25) is 0 Å². The molecule has 1 unspecified atom stereocenters. The van der Waals surface area contributed by atoms with Gasteiger partial charge in [-0.15, -0.1) is 0 Å². The molecule has 0 rings (SSSR count). The van der Waals surface area contributed by atoms with Gasteiger partial charge in [-0.2, -0.15) is 12.6 Å². The molecule has 0 heterocycles. The minimum atomic E-state index is 0.272. The minimum Gasteiger partial charge on any atom is -0.300 e. The Morgan fingerprint density at radius 3 is 1.42 bits per heavy atom. The maximum absolute atomic E-state index is 11.7. The fraction of sp³-hybridized carbons (Fsp3) is 0.955. The molecule has 1 atom stereocenters. The van der Waals surface area contributed by atoms with Crippen LogP contribution in [0.4, 0.5) is 0 Å². The maximum atomic E-state index is 11.7. The molecule has 0 aromatic carbocycles. The minimum absolute atomic E-state index is 0.272. The number of carbonyl (C=O) groups excluding carboxylic acids is 1. The Morgan fingerprint density at radius 2 is 1.04 bits per heavy atom. The highest BCUT2D eigenvalue weighted by atomic mass is 32.1. The van der Waals surface area contributed by atoms with E-state index in [2.05, 4.69) is 26.5 Å². The summed E-state index contributed by atoms with van der Waals surface area (Å²) in [4.78, 5) is 11.7. The molecule has 144 valence electrons. The molecule has 0 aliphatic heterocycles.